The van der Waals surface area contributed by atoms with E-state index in [0.717, 1.165) is 49.9 Å². The molecule has 0 unspecified atom stereocenters. The molecule has 5 nitrogen and oxygen atoms in total. The summed E-state index contributed by atoms with van der Waals surface area (Å²) in [5, 5.41) is 10.6. The third kappa shape index (κ3) is 3.84. The number of hydrogen-bond acceptors (Lipinski definition) is 6. The second-order valence-corrected chi connectivity index (χ2v) is 8.13. The highest BCUT2D eigenvalue weighted by Gasteiger charge is 2.33. The molecular formula is C18H21N3O2S2. The minimum Gasteiger partial charge on any atom is -0.379 e. The summed E-state index contributed by atoms with van der Waals surface area (Å²) in [4.78, 5) is 17.5. The molecule has 1 amide bonds. The topological polar surface area (TPSA) is 45.1 Å². The number of thiophene rings is 2. The van der Waals surface area contributed by atoms with Crippen molar-refractivity contribution in [2.75, 3.05) is 32.8 Å². The third-order valence-electron chi connectivity index (χ3n) is 4.59. The van der Waals surface area contributed by atoms with Gasteiger partial charge in [0.1, 0.15) is 0 Å². The average Bonchev–Trinajstić information content (AvgIpc) is 3.40. The summed E-state index contributed by atoms with van der Waals surface area (Å²) in [6.45, 7) is 4.11. The molecule has 0 spiro atoms. The molecule has 0 N–H and O–H groups in total. The molecule has 0 aromatic carbocycles. The molecule has 132 valence electrons. The maximum atomic E-state index is 12.9. The van der Waals surface area contributed by atoms with Crippen LogP contribution in [0.2, 0.25) is 0 Å². The molecule has 25 heavy (non-hydrogen) atoms. The molecule has 1 atom stereocenters. The number of carbonyl (C=O) groups excluding carboxylic acids is 1. The van der Waals surface area contributed by atoms with E-state index in [1.165, 1.54) is 4.88 Å². The van der Waals surface area contributed by atoms with E-state index in [4.69, 9.17) is 9.84 Å². The van der Waals surface area contributed by atoms with Crippen LogP contribution in [0, 0.1) is 0 Å². The molecule has 1 fully saturated rings. The van der Waals surface area contributed by atoms with Crippen molar-refractivity contribution in [2.24, 2.45) is 5.10 Å². The number of nitrogens with zero attached hydrogens (tertiary/aromatic N) is 3. The van der Waals surface area contributed by atoms with Crippen LogP contribution in [0.1, 0.15) is 28.6 Å². The Bertz CT molecular complexity index is 722. The average molecular weight is 376 g/mol. The van der Waals surface area contributed by atoms with Gasteiger partial charge in [0.15, 0.2) is 0 Å². The van der Waals surface area contributed by atoms with Crippen molar-refractivity contribution < 1.29 is 9.53 Å². The van der Waals surface area contributed by atoms with Gasteiger partial charge in [-0.3, -0.25) is 9.69 Å². The van der Waals surface area contributed by atoms with Gasteiger partial charge in [0.2, 0.25) is 5.91 Å². The molecule has 2 aromatic rings. The molecule has 7 heteroatoms. The number of morpholine rings is 1. The second kappa shape index (κ2) is 7.78. The Morgan fingerprint density at radius 2 is 2.00 bits per heavy atom. The van der Waals surface area contributed by atoms with Gasteiger partial charge in [-0.15, -0.1) is 22.7 Å². The van der Waals surface area contributed by atoms with Crippen LogP contribution < -0.4 is 0 Å². The van der Waals surface area contributed by atoms with Crippen LogP contribution in [-0.2, 0) is 9.53 Å². The van der Waals surface area contributed by atoms with Gasteiger partial charge < -0.3 is 4.74 Å². The predicted molar refractivity (Wildman–Crippen MR) is 101 cm³/mol. The minimum absolute atomic E-state index is 0.0364. The van der Waals surface area contributed by atoms with Gasteiger partial charge >= 0.3 is 0 Å². The number of amides is 1. The van der Waals surface area contributed by atoms with E-state index < -0.39 is 0 Å². The van der Waals surface area contributed by atoms with E-state index in [-0.39, 0.29) is 11.9 Å². The molecule has 4 rings (SSSR count). The van der Waals surface area contributed by atoms with Crippen LogP contribution >= 0.6 is 22.7 Å². The number of rotatable bonds is 5. The van der Waals surface area contributed by atoms with E-state index in [0.29, 0.717) is 6.42 Å². The Hall–Kier alpha value is -1.54. The Kier molecular flexibility index (Phi) is 5.26. The molecule has 0 bridgehead atoms. The molecule has 2 aliphatic rings. The van der Waals surface area contributed by atoms with Crippen LogP contribution in [0.25, 0.3) is 0 Å². The van der Waals surface area contributed by atoms with Gasteiger partial charge in [-0.2, -0.15) is 5.10 Å². The standard InChI is InChI=1S/C18H21N3O2S2/c22-18(5-6-20-7-9-23-10-8-20)21-15(17-4-2-12-25-17)13-14(19-21)16-3-1-11-24-16/h1-4,11-12,15H,5-10,13H2/t15-/m1/s1. The van der Waals surface area contributed by atoms with Crippen molar-refractivity contribution in [3.05, 3.63) is 44.8 Å². The van der Waals surface area contributed by atoms with Crippen LogP contribution in [-0.4, -0.2) is 54.4 Å². The largest absolute Gasteiger partial charge is 0.379 e. The molecular weight excluding hydrogens is 354 g/mol. The zero-order chi connectivity index (χ0) is 17.1. The normalized spacial score (nSPS) is 21.5. The SMILES string of the molecule is O=C(CCN1CCOCC1)N1N=C(c2cccs2)C[C@@H]1c1cccs1. The number of hydrazone groups is 1. The lowest BCUT2D eigenvalue weighted by Crippen LogP contribution is -2.39. The van der Waals surface area contributed by atoms with Crippen molar-refractivity contribution in [3.8, 4) is 0 Å². The summed E-state index contributed by atoms with van der Waals surface area (Å²) in [5.41, 5.74) is 1.02. The maximum Gasteiger partial charge on any atom is 0.244 e. The number of hydrogen-bond donors (Lipinski definition) is 0. The Labute approximate surface area is 155 Å². The maximum absolute atomic E-state index is 12.9. The smallest absolute Gasteiger partial charge is 0.244 e. The summed E-state index contributed by atoms with van der Waals surface area (Å²) < 4.78 is 5.37. The highest BCUT2D eigenvalue weighted by Crippen LogP contribution is 2.36. The number of carbonyl (C=O) groups is 1. The fourth-order valence-electron chi connectivity index (χ4n) is 3.23. The van der Waals surface area contributed by atoms with Crippen molar-refractivity contribution in [2.45, 2.75) is 18.9 Å². The van der Waals surface area contributed by atoms with Gasteiger partial charge in [0.25, 0.3) is 0 Å². The minimum atomic E-state index is 0.0364. The van der Waals surface area contributed by atoms with Gasteiger partial charge in [-0.05, 0) is 22.9 Å². The molecule has 2 aliphatic heterocycles. The van der Waals surface area contributed by atoms with E-state index >= 15 is 0 Å². The molecule has 4 heterocycles. The molecule has 1 saturated heterocycles. The van der Waals surface area contributed by atoms with Crippen molar-refractivity contribution >= 4 is 34.3 Å². The second-order valence-electron chi connectivity index (χ2n) is 6.20. The van der Waals surface area contributed by atoms with E-state index in [1.54, 1.807) is 27.7 Å². The summed E-state index contributed by atoms with van der Waals surface area (Å²) in [6, 6.07) is 8.29. The Morgan fingerprint density at radius 1 is 1.20 bits per heavy atom. The van der Waals surface area contributed by atoms with Gasteiger partial charge in [-0.1, -0.05) is 12.1 Å². The Morgan fingerprint density at radius 3 is 2.72 bits per heavy atom. The van der Waals surface area contributed by atoms with Gasteiger partial charge in [-0.25, -0.2) is 5.01 Å². The van der Waals surface area contributed by atoms with E-state index in [9.17, 15) is 4.79 Å². The van der Waals surface area contributed by atoms with Crippen LogP contribution in [0.4, 0.5) is 0 Å². The first kappa shape index (κ1) is 16.9. The summed E-state index contributed by atoms with van der Waals surface area (Å²) in [6.07, 6.45) is 1.30. The van der Waals surface area contributed by atoms with Crippen LogP contribution in [0.15, 0.2) is 40.1 Å². The van der Waals surface area contributed by atoms with Crippen LogP contribution in [0.5, 0.6) is 0 Å². The molecule has 0 aliphatic carbocycles. The summed E-state index contributed by atoms with van der Waals surface area (Å²) in [5.74, 6) is 0.108. The van der Waals surface area contributed by atoms with E-state index in [1.807, 2.05) is 12.1 Å². The summed E-state index contributed by atoms with van der Waals surface area (Å²) in [7, 11) is 0. The van der Waals surface area contributed by atoms with E-state index in [2.05, 4.69) is 27.8 Å². The Balaban J connectivity index is 1.48. The van der Waals surface area contributed by atoms with Crippen LogP contribution in [0.3, 0.4) is 0 Å². The first-order chi connectivity index (χ1) is 12.3. The van der Waals surface area contributed by atoms with Crippen molar-refractivity contribution in [1.82, 2.24) is 9.91 Å². The number of ether oxygens (including phenoxy) is 1. The highest BCUT2D eigenvalue weighted by molar-refractivity contribution is 7.12. The zero-order valence-corrected chi connectivity index (χ0v) is 15.6. The van der Waals surface area contributed by atoms with Gasteiger partial charge in [0.05, 0.1) is 29.8 Å². The fourth-order valence-corrected chi connectivity index (χ4v) is 4.76. The molecule has 0 radical (unpaired) electrons. The summed E-state index contributed by atoms with van der Waals surface area (Å²) >= 11 is 3.38. The fraction of sp³-hybridized carbons (Fsp3) is 0.444. The first-order valence-electron chi connectivity index (χ1n) is 8.58. The lowest BCUT2D eigenvalue weighted by Gasteiger charge is -2.27. The van der Waals surface area contributed by atoms with Gasteiger partial charge in [0, 0.05) is 37.4 Å². The molecule has 2 aromatic heterocycles. The quantitative estimate of drug-likeness (QED) is 0.806. The highest BCUT2D eigenvalue weighted by atomic mass is 32.1. The van der Waals surface area contributed by atoms with Crippen molar-refractivity contribution in [1.29, 1.82) is 0 Å². The monoisotopic (exact) mass is 375 g/mol. The van der Waals surface area contributed by atoms with Crippen molar-refractivity contribution in [3.63, 3.8) is 0 Å². The lowest BCUT2D eigenvalue weighted by molar-refractivity contribution is -0.133. The lowest BCUT2D eigenvalue weighted by atomic mass is 10.1. The zero-order valence-electron chi connectivity index (χ0n) is 14.0. The predicted octanol–water partition coefficient (Wildman–Crippen LogP) is 3.21. The molecule has 0 saturated carbocycles. The first-order valence-corrected chi connectivity index (χ1v) is 10.3. The third-order valence-corrected chi connectivity index (χ3v) is 6.48.